The largest absolute Gasteiger partial charge is 0.396 e. The van der Waals surface area contributed by atoms with Crippen LogP contribution in [0.15, 0.2) is 107 Å². The van der Waals surface area contributed by atoms with Gasteiger partial charge in [0.1, 0.15) is 18.6 Å². The first kappa shape index (κ1) is 50.6. The van der Waals surface area contributed by atoms with Gasteiger partial charge in [-0.1, -0.05) is 104 Å². The predicted molar refractivity (Wildman–Crippen MR) is 261 cm³/mol. The van der Waals surface area contributed by atoms with Gasteiger partial charge in [0.25, 0.3) is 0 Å². The smallest absolute Gasteiger partial charge is 0.162 e. The first-order valence-corrected chi connectivity index (χ1v) is 24.9. The van der Waals surface area contributed by atoms with E-state index in [-0.39, 0.29) is 53.6 Å². The van der Waals surface area contributed by atoms with Crippen LogP contribution >= 0.6 is 0 Å². The lowest BCUT2D eigenvalue weighted by molar-refractivity contribution is -0.195. The summed E-state index contributed by atoms with van der Waals surface area (Å²) in [5.74, 6) is -0.975. The van der Waals surface area contributed by atoms with Crippen LogP contribution in [0.1, 0.15) is 96.6 Å². The maximum atomic E-state index is 13.3. The van der Waals surface area contributed by atoms with Gasteiger partial charge >= 0.3 is 0 Å². The van der Waals surface area contributed by atoms with E-state index in [1.807, 2.05) is 38.3 Å². The molecule has 4 aliphatic carbocycles. The fraction of sp³-hybridized carbons (Fsp3) is 0.625. The third-order valence-corrected chi connectivity index (χ3v) is 16.8. The van der Waals surface area contributed by atoms with Gasteiger partial charge in [0.15, 0.2) is 6.29 Å². The molecule has 0 unspecified atom stereocenters. The van der Waals surface area contributed by atoms with Gasteiger partial charge in [-0.25, -0.2) is 0 Å². The molecule has 0 amide bonds. The molecule has 66 heavy (non-hydrogen) atoms. The van der Waals surface area contributed by atoms with Crippen molar-refractivity contribution in [3.8, 4) is 0 Å². The van der Waals surface area contributed by atoms with Crippen LogP contribution in [0, 0.1) is 52.8 Å². The lowest BCUT2D eigenvalue weighted by Crippen LogP contribution is -2.65. The number of aliphatic hydroxyl groups is 5. The molecular formula is C56H80N2O8. The van der Waals surface area contributed by atoms with Crippen LogP contribution in [-0.4, -0.2) is 102 Å². The number of carbonyl (C=O) groups excluding carboxylic acids is 1. The topological polar surface area (TPSA) is 161 Å². The van der Waals surface area contributed by atoms with E-state index in [9.17, 15) is 30.3 Å². The summed E-state index contributed by atoms with van der Waals surface area (Å²) in [4.78, 5) is 12.6. The van der Waals surface area contributed by atoms with Crippen molar-refractivity contribution in [1.82, 2.24) is 10.6 Å². The van der Waals surface area contributed by atoms with Gasteiger partial charge in [-0.3, -0.25) is 10.1 Å². The van der Waals surface area contributed by atoms with Gasteiger partial charge in [0.05, 0.1) is 11.7 Å². The van der Waals surface area contributed by atoms with Crippen molar-refractivity contribution >= 4 is 6.29 Å². The SMILES string of the molecule is C=C(/C=C/C=C(/[C@@H]1C=C[C@@H](C(C)C)[C@H](O)O1)[C@@H]1CC[C@]2([C@@H]1O)[C@@H]1C(=C(C)C=O)[C@@H](C=C[C@H]1CCO)C[C@]2(O)CCNC)[C@H]1Cc2cccc(c2)C[C@@](C)(CCOC)N[C@@H](O)C2=C[C@@H]1CCC2. The van der Waals surface area contributed by atoms with Crippen molar-refractivity contribution in [1.29, 1.82) is 0 Å². The second kappa shape index (κ2) is 21.6. The van der Waals surface area contributed by atoms with Gasteiger partial charge < -0.3 is 40.3 Å². The molecule has 2 aliphatic heterocycles. The quantitative estimate of drug-likeness (QED) is 0.0414. The Kier molecular flexibility index (Phi) is 16.5. The first-order chi connectivity index (χ1) is 31.6. The highest BCUT2D eigenvalue weighted by molar-refractivity contribution is 5.74. The van der Waals surface area contributed by atoms with Gasteiger partial charge in [0.2, 0.25) is 0 Å². The molecule has 2 heterocycles. The van der Waals surface area contributed by atoms with Crippen molar-refractivity contribution in [3.05, 3.63) is 118 Å². The molecule has 2 saturated carbocycles. The predicted octanol–water partition coefficient (Wildman–Crippen LogP) is 7.23. The number of nitrogens with one attached hydrogen (secondary N) is 2. The maximum absolute atomic E-state index is 13.3. The zero-order chi connectivity index (χ0) is 47.4. The Balaban J connectivity index is 1.28. The number of hydrogen-bond acceptors (Lipinski definition) is 10. The zero-order valence-corrected chi connectivity index (χ0v) is 40.5. The zero-order valence-electron chi connectivity index (χ0n) is 40.5. The van der Waals surface area contributed by atoms with E-state index in [1.165, 1.54) is 11.1 Å². The van der Waals surface area contributed by atoms with Crippen molar-refractivity contribution in [3.63, 3.8) is 0 Å². The minimum absolute atomic E-state index is 0.0558. The van der Waals surface area contributed by atoms with Crippen molar-refractivity contribution in [2.45, 2.75) is 134 Å². The normalized spacial score (nSPS) is 38.9. The third-order valence-electron chi connectivity index (χ3n) is 16.8. The lowest BCUT2D eigenvalue weighted by Gasteiger charge is -2.61. The Morgan fingerprint density at radius 1 is 1.09 bits per heavy atom. The minimum Gasteiger partial charge on any atom is -0.396 e. The Morgan fingerprint density at radius 3 is 2.59 bits per heavy atom. The van der Waals surface area contributed by atoms with Crippen molar-refractivity contribution in [2.24, 2.45) is 52.8 Å². The molecule has 1 aromatic rings. The number of allylic oxidation sites excluding steroid dienone is 9. The van der Waals surface area contributed by atoms with E-state index in [2.05, 4.69) is 80.0 Å². The highest BCUT2D eigenvalue weighted by Crippen LogP contribution is 2.67. The summed E-state index contributed by atoms with van der Waals surface area (Å²) < 4.78 is 12.0. The van der Waals surface area contributed by atoms with Crippen LogP contribution in [0.2, 0.25) is 0 Å². The van der Waals surface area contributed by atoms with Gasteiger partial charge in [0, 0.05) is 49.0 Å². The lowest BCUT2D eigenvalue weighted by atomic mass is 9.45. The summed E-state index contributed by atoms with van der Waals surface area (Å²) in [6.07, 6.45) is 21.6. The van der Waals surface area contributed by atoms with E-state index < -0.39 is 41.7 Å². The second-order valence-corrected chi connectivity index (χ2v) is 21.3. The summed E-state index contributed by atoms with van der Waals surface area (Å²) in [5, 5.41) is 66.8. The molecule has 0 aromatic heterocycles. The number of ether oxygens (including phenoxy) is 2. The maximum Gasteiger partial charge on any atom is 0.162 e. The molecular weight excluding hydrogens is 829 g/mol. The molecule has 0 saturated heterocycles. The molecule has 1 spiro atoms. The minimum atomic E-state index is -1.28. The number of benzene rings is 1. The molecule has 2 fully saturated rings. The van der Waals surface area contributed by atoms with Crippen LogP contribution in [-0.2, 0) is 27.1 Å². The molecule has 7 rings (SSSR count). The van der Waals surface area contributed by atoms with Gasteiger partial charge in [-0.15, -0.1) is 0 Å². The van der Waals surface area contributed by atoms with E-state index in [4.69, 9.17) is 16.1 Å². The average molecular weight is 909 g/mol. The fourth-order valence-corrected chi connectivity index (χ4v) is 13.4. The first-order valence-electron chi connectivity index (χ1n) is 24.9. The number of rotatable bonds is 15. The third kappa shape index (κ3) is 10.2. The molecule has 1 aromatic carbocycles. The molecule has 362 valence electrons. The summed E-state index contributed by atoms with van der Waals surface area (Å²) in [6.45, 7) is 13.9. The molecule has 6 aliphatic rings. The van der Waals surface area contributed by atoms with Crippen LogP contribution in [0.5, 0.6) is 0 Å². The second-order valence-electron chi connectivity index (χ2n) is 21.3. The average Bonchev–Trinajstić information content (AvgIpc) is 3.64. The molecule has 0 radical (unpaired) electrons. The summed E-state index contributed by atoms with van der Waals surface area (Å²) in [5.41, 5.74) is 4.17. The Labute approximate surface area is 394 Å². The fourth-order valence-electron chi connectivity index (χ4n) is 13.4. The van der Waals surface area contributed by atoms with E-state index in [0.717, 1.165) is 67.1 Å². The Hall–Kier alpha value is -3.29. The van der Waals surface area contributed by atoms with Gasteiger partial charge in [-0.05, 0) is 156 Å². The molecule has 7 N–H and O–H groups in total. The number of hydrogen-bond donors (Lipinski definition) is 7. The van der Waals surface area contributed by atoms with Crippen LogP contribution in [0.4, 0.5) is 0 Å². The summed E-state index contributed by atoms with van der Waals surface area (Å²) >= 11 is 0. The number of aldehydes is 1. The van der Waals surface area contributed by atoms with Crippen molar-refractivity contribution < 1.29 is 39.8 Å². The summed E-state index contributed by atoms with van der Waals surface area (Å²) in [7, 11) is 3.59. The molecule has 10 nitrogen and oxygen atoms in total. The Bertz CT molecular complexity index is 2070. The monoisotopic (exact) mass is 909 g/mol. The number of aliphatic hydroxyl groups excluding tert-OH is 4. The van der Waals surface area contributed by atoms with Crippen LogP contribution < -0.4 is 10.6 Å². The van der Waals surface area contributed by atoms with Crippen LogP contribution in [0.3, 0.4) is 0 Å². The highest BCUT2D eigenvalue weighted by atomic mass is 16.6. The van der Waals surface area contributed by atoms with E-state index in [1.54, 1.807) is 7.11 Å². The van der Waals surface area contributed by atoms with E-state index in [0.29, 0.717) is 50.8 Å². The number of methoxy groups -OCH3 is 1. The summed E-state index contributed by atoms with van der Waals surface area (Å²) in [6, 6.07) is 8.80. The standard InChI is InChI=1S/C56H80N2O8/c1-35(2)44-19-20-48(66-53(44)63)45(46-21-23-56(51(46)61)50-40(22-27-59)17-18-43(49(50)37(4)34-60)33-55(56,64)24-26-57-6)16-8-11-36(3)47-30-38-12-9-13-39(29-38)32-54(5,25-28-65-7)58-52(62)42-15-10-14-41(47)31-42/h8-9,11-13,16-20,29,31,34-35,40-41,43-44,46-48,50-53,57-59,61-64H,3,10,14-15,21-28,30,32-33H2,1-2,4-7H3/b11-8+,45-16+,49-37?/t40-,41-,43-,44-,46-,47+,48-,50-,51+,52-,53+,54+,55+,56+/m0/s1. The highest BCUT2D eigenvalue weighted by Gasteiger charge is 2.69. The Morgan fingerprint density at radius 2 is 1.88 bits per heavy atom. The van der Waals surface area contributed by atoms with Gasteiger partial charge in [-0.2, -0.15) is 0 Å². The molecule has 6 bridgehead atoms. The number of fused-ring (bicyclic) bond motifs is 6. The number of carbonyl (C=O) groups is 1. The van der Waals surface area contributed by atoms with Crippen LogP contribution in [0.25, 0.3) is 0 Å². The van der Waals surface area contributed by atoms with Crippen molar-refractivity contribution in [2.75, 3.05) is 33.9 Å². The molecule has 14 atom stereocenters. The van der Waals surface area contributed by atoms with E-state index >= 15 is 0 Å². The molecule has 10 heteroatoms.